The molecule has 2 rings (SSSR count). The highest BCUT2D eigenvalue weighted by molar-refractivity contribution is 9.10. The minimum atomic E-state index is -1.06. The Balaban J connectivity index is 1.94. The fourth-order valence-electron chi connectivity index (χ4n) is 1.86. The predicted molar refractivity (Wildman–Crippen MR) is 79.5 cm³/mol. The van der Waals surface area contributed by atoms with E-state index in [9.17, 15) is 9.90 Å². The second kappa shape index (κ2) is 6.24. The number of hydrogen-bond acceptors (Lipinski definition) is 3. The third-order valence-corrected chi connectivity index (χ3v) is 3.57. The Morgan fingerprint density at radius 3 is 2.75 bits per heavy atom. The van der Waals surface area contributed by atoms with E-state index < -0.39 is 5.60 Å². The van der Waals surface area contributed by atoms with Crippen molar-refractivity contribution < 1.29 is 14.3 Å². The Morgan fingerprint density at radius 2 is 2.10 bits per heavy atom. The number of amides is 1. The number of nitrogens with one attached hydrogen (secondary N) is 1. The lowest BCUT2D eigenvalue weighted by molar-refractivity contribution is 0.0510. The van der Waals surface area contributed by atoms with Crippen molar-refractivity contribution in [2.24, 2.45) is 0 Å². The third kappa shape index (κ3) is 3.95. The lowest BCUT2D eigenvalue weighted by Crippen LogP contribution is -2.42. The van der Waals surface area contributed by atoms with Gasteiger partial charge in [0, 0.05) is 17.4 Å². The first-order valence-electron chi connectivity index (χ1n) is 6.25. The molecule has 106 valence electrons. The molecule has 2 N–H and O–H groups in total. The molecular weight excluding hydrogens is 322 g/mol. The van der Waals surface area contributed by atoms with Crippen LogP contribution in [-0.2, 0) is 6.42 Å². The Bertz CT molecular complexity index is 579. The number of furan rings is 1. The minimum absolute atomic E-state index is 0.147. The topological polar surface area (TPSA) is 62.5 Å². The smallest absolute Gasteiger partial charge is 0.252 e. The summed E-state index contributed by atoms with van der Waals surface area (Å²) in [5.74, 6) is 0.460. The first-order chi connectivity index (χ1) is 9.48. The summed E-state index contributed by atoms with van der Waals surface area (Å²) < 4.78 is 5.92. The molecular formula is C15H16BrNO3. The molecule has 1 aromatic carbocycles. The minimum Gasteiger partial charge on any atom is -0.469 e. The number of aliphatic hydroxyl groups is 1. The fourth-order valence-corrected chi connectivity index (χ4v) is 2.33. The molecule has 0 unspecified atom stereocenters. The zero-order valence-electron chi connectivity index (χ0n) is 11.1. The number of carbonyl (C=O) groups excluding carboxylic acids is 1. The van der Waals surface area contributed by atoms with Crippen LogP contribution in [-0.4, -0.2) is 23.2 Å². The molecule has 0 aliphatic carbocycles. The summed E-state index contributed by atoms with van der Waals surface area (Å²) in [6.45, 7) is 1.81. The van der Waals surface area contributed by atoms with Crippen LogP contribution < -0.4 is 5.32 Å². The summed E-state index contributed by atoms with van der Waals surface area (Å²) in [7, 11) is 0. The van der Waals surface area contributed by atoms with E-state index in [1.165, 1.54) is 0 Å². The van der Waals surface area contributed by atoms with Crippen LogP contribution in [0.4, 0.5) is 0 Å². The second-order valence-electron chi connectivity index (χ2n) is 4.92. The van der Waals surface area contributed by atoms with Crippen molar-refractivity contribution in [3.8, 4) is 0 Å². The van der Waals surface area contributed by atoms with Gasteiger partial charge in [0.25, 0.3) is 5.91 Å². The summed E-state index contributed by atoms with van der Waals surface area (Å²) >= 11 is 3.33. The summed E-state index contributed by atoms with van der Waals surface area (Å²) in [4.78, 5) is 12.0. The SMILES string of the molecule is C[C@@](O)(CNC(=O)c1ccccc1Br)Cc1ccco1. The van der Waals surface area contributed by atoms with Crippen molar-refractivity contribution in [1.82, 2.24) is 5.32 Å². The predicted octanol–water partition coefficient (Wildman–Crippen LogP) is 2.77. The first kappa shape index (κ1) is 14.8. The molecule has 0 radical (unpaired) electrons. The molecule has 1 heterocycles. The van der Waals surface area contributed by atoms with Gasteiger partial charge in [-0.2, -0.15) is 0 Å². The van der Waals surface area contributed by atoms with Crippen LogP contribution in [0.1, 0.15) is 23.0 Å². The van der Waals surface area contributed by atoms with Gasteiger partial charge in [0.15, 0.2) is 0 Å². The van der Waals surface area contributed by atoms with Crippen LogP contribution in [0, 0.1) is 0 Å². The highest BCUT2D eigenvalue weighted by atomic mass is 79.9. The van der Waals surface area contributed by atoms with Gasteiger partial charge in [0.1, 0.15) is 5.76 Å². The van der Waals surface area contributed by atoms with Crippen molar-refractivity contribution in [1.29, 1.82) is 0 Å². The van der Waals surface area contributed by atoms with Gasteiger partial charge in [-0.05, 0) is 47.1 Å². The van der Waals surface area contributed by atoms with Crippen molar-refractivity contribution >= 4 is 21.8 Å². The number of carbonyl (C=O) groups is 1. The van der Waals surface area contributed by atoms with E-state index >= 15 is 0 Å². The molecule has 1 amide bonds. The maximum Gasteiger partial charge on any atom is 0.252 e. The molecule has 2 aromatic rings. The van der Waals surface area contributed by atoms with Crippen molar-refractivity contribution in [3.05, 3.63) is 58.5 Å². The molecule has 4 nitrogen and oxygen atoms in total. The molecule has 0 fully saturated rings. The quantitative estimate of drug-likeness (QED) is 0.881. The van der Waals surface area contributed by atoms with Crippen molar-refractivity contribution in [2.45, 2.75) is 18.9 Å². The number of rotatable bonds is 5. The van der Waals surface area contributed by atoms with Gasteiger partial charge in [-0.25, -0.2) is 0 Å². The molecule has 20 heavy (non-hydrogen) atoms. The van der Waals surface area contributed by atoms with Gasteiger partial charge in [-0.3, -0.25) is 4.79 Å². The number of benzene rings is 1. The van der Waals surface area contributed by atoms with Crippen molar-refractivity contribution in [3.63, 3.8) is 0 Å². The van der Waals surface area contributed by atoms with Gasteiger partial charge in [0.05, 0.1) is 17.4 Å². The Kier molecular flexibility index (Phi) is 4.62. The standard InChI is InChI=1S/C15H16BrNO3/c1-15(19,9-11-5-4-8-20-11)10-17-14(18)12-6-2-3-7-13(12)16/h2-8,19H,9-10H2,1H3,(H,17,18)/t15-/m0/s1. The summed E-state index contributed by atoms with van der Waals surface area (Å²) in [5, 5.41) is 13.0. The van der Waals surface area contributed by atoms with Crippen LogP contribution in [0.2, 0.25) is 0 Å². The second-order valence-corrected chi connectivity index (χ2v) is 5.77. The summed E-state index contributed by atoms with van der Waals surface area (Å²) in [5.41, 5.74) is -0.518. The third-order valence-electron chi connectivity index (χ3n) is 2.88. The maximum atomic E-state index is 12.0. The largest absolute Gasteiger partial charge is 0.469 e. The van der Waals surface area contributed by atoms with Crippen LogP contribution in [0.5, 0.6) is 0 Å². The maximum absolute atomic E-state index is 12.0. The molecule has 0 saturated heterocycles. The lowest BCUT2D eigenvalue weighted by atomic mass is 10.0. The average Bonchev–Trinajstić information content (AvgIpc) is 2.89. The highest BCUT2D eigenvalue weighted by Crippen LogP contribution is 2.16. The van der Waals surface area contributed by atoms with E-state index in [-0.39, 0.29) is 12.5 Å². The Morgan fingerprint density at radius 1 is 1.35 bits per heavy atom. The van der Waals surface area contributed by atoms with Crippen LogP contribution in [0.15, 0.2) is 51.6 Å². The van der Waals surface area contributed by atoms with Gasteiger partial charge >= 0.3 is 0 Å². The average molecular weight is 338 g/mol. The van der Waals surface area contributed by atoms with E-state index in [1.807, 2.05) is 6.07 Å². The summed E-state index contributed by atoms with van der Waals surface area (Å²) in [6, 6.07) is 10.7. The zero-order valence-corrected chi connectivity index (χ0v) is 12.7. The first-order valence-corrected chi connectivity index (χ1v) is 7.05. The molecule has 1 aromatic heterocycles. The van der Waals surface area contributed by atoms with Crippen LogP contribution >= 0.6 is 15.9 Å². The molecule has 0 bridgehead atoms. The Hall–Kier alpha value is -1.59. The van der Waals surface area contributed by atoms with Crippen molar-refractivity contribution in [2.75, 3.05) is 6.54 Å². The highest BCUT2D eigenvalue weighted by Gasteiger charge is 2.23. The zero-order chi connectivity index (χ0) is 14.6. The normalized spacial score (nSPS) is 13.8. The fraction of sp³-hybridized carbons (Fsp3) is 0.267. The molecule has 0 aliphatic heterocycles. The van der Waals surface area contributed by atoms with Gasteiger partial charge in [-0.15, -0.1) is 0 Å². The van der Waals surface area contributed by atoms with E-state index in [0.717, 1.165) is 4.47 Å². The molecule has 5 heteroatoms. The van der Waals surface area contributed by atoms with Gasteiger partial charge in [-0.1, -0.05) is 12.1 Å². The monoisotopic (exact) mass is 337 g/mol. The summed E-state index contributed by atoms with van der Waals surface area (Å²) in [6.07, 6.45) is 1.90. The lowest BCUT2D eigenvalue weighted by Gasteiger charge is -2.22. The van der Waals surface area contributed by atoms with Gasteiger partial charge in [0.2, 0.25) is 0 Å². The van der Waals surface area contributed by atoms with Crippen LogP contribution in [0.3, 0.4) is 0 Å². The van der Waals surface area contributed by atoms with E-state index in [2.05, 4.69) is 21.2 Å². The molecule has 0 aliphatic rings. The van der Waals surface area contributed by atoms with Crippen LogP contribution in [0.25, 0.3) is 0 Å². The van der Waals surface area contributed by atoms with E-state index in [4.69, 9.17) is 4.42 Å². The van der Waals surface area contributed by atoms with Gasteiger partial charge < -0.3 is 14.8 Å². The molecule has 0 saturated carbocycles. The van der Waals surface area contributed by atoms with E-state index in [1.54, 1.807) is 43.5 Å². The molecule has 0 spiro atoms. The Labute approximate surface area is 125 Å². The number of hydrogen-bond donors (Lipinski definition) is 2. The number of halogens is 1. The van der Waals surface area contributed by atoms with E-state index in [0.29, 0.717) is 17.7 Å². The molecule has 1 atom stereocenters.